The van der Waals surface area contributed by atoms with E-state index in [0.29, 0.717) is 10.7 Å². The molecule has 0 unspecified atom stereocenters. The van der Waals surface area contributed by atoms with E-state index in [4.69, 9.17) is 23.1 Å². The van der Waals surface area contributed by atoms with Gasteiger partial charge in [-0.15, -0.1) is 0 Å². The quantitative estimate of drug-likeness (QED) is 0.633. The van der Waals surface area contributed by atoms with Crippen molar-refractivity contribution in [2.45, 2.75) is 13.0 Å². The van der Waals surface area contributed by atoms with Crippen LogP contribution in [0, 0.1) is 0 Å². The van der Waals surface area contributed by atoms with E-state index in [1.54, 1.807) is 12.1 Å². The van der Waals surface area contributed by atoms with Gasteiger partial charge in [-0.05, 0) is 24.6 Å². The predicted octanol–water partition coefficient (Wildman–Crippen LogP) is 1.94. The molecule has 0 fully saturated rings. The molecule has 0 saturated heterocycles. The maximum absolute atomic E-state index is 5.70. The number of anilines is 1. The molecule has 0 aromatic heterocycles. The van der Waals surface area contributed by atoms with Crippen molar-refractivity contribution >= 4 is 17.3 Å². The minimum Gasteiger partial charge on any atom is -0.398 e. The minimum atomic E-state index is -0.0349. The Bertz CT molecular complexity index is 258. The molecule has 0 heterocycles. The van der Waals surface area contributed by atoms with Crippen molar-refractivity contribution in [3.63, 3.8) is 0 Å². The first-order chi connectivity index (χ1) is 5.11. The van der Waals surface area contributed by atoms with Crippen LogP contribution in [-0.2, 0) is 0 Å². The van der Waals surface area contributed by atoms with E-state index in [1.165, 1.54) is 0 Å². The van der Waals surface area contributed by atoms with Gasteiger partial charge in [0.1, 0.15) is 0 Å². The monoisotopic (exact) mass is 170 g/mol. The molecule has 0 aliphatic carbocycles. The maximum Gasteiger partial charge on any atom is 0.0426 e. The lowest BCUT2D eigenvalue weighted by Crippen LogP contribution is -2.07. The highest BCUT2D eigenvalue weighted by molar-refractivity contribution is 6.30. The molecule has 0 amide bonds. The number of rotatable bonds is 1. The van der Waals surface area contributed by atoms with Gasteiger partial charge in [0.05, 0.1) is 0 Å². The Balaban J connectivity index is 3.09. The topological polar surface area (TPSA) is 52.0 Å². The van der Waals surface area contributed by atoms with Gasteiger partial charge < -0.3 is 11.5 Å². The van der Waals surface area contributed by atoms with Gasteiger partial charge in [0, 0.05) is 16.8 Å². The first-order valence-electron chi connectivity index (χ1n) is 3.42. The highest BCUT2D eigenvalue weighted by atomic mass is 35.5. The predicted molar refractivity (Wildman–Crippen MR) is 48.5 cm³/mol. The third-order valence-electron chi connectivity index (χ3n) is 1.54. The lowest BCUT2D eigenvalue weighted by Gasteiger charge is -2.08. The van der Waals surface area contributed by atoms with Gasteiger partial charge >= 0.3 is 0 Å². The molecule has 0 spiro atoms. The van der Waals surface area contributed by atoms with Crippen molar-refractivity contribution in [3.05, 3.63) is 28.8 Å². The smallest absolute Gasteiger partial charge is 0.0426 e. The van der Waals surface area contributed by atoms with Crippen LogP contribution in [0.15, 0.2) is 18.2 Å². The summed E-state index contributed by atoms with van der Waals surface area (Å²) in [4.78, 5) is 0. The summed E-state index contributed by atoms with van der Waals surface area (Å²) in [6, 6.07) is 5.31. The van der Waals surface area contributed by atoms with Gasteiger partial charge in [-0.25, -0.2) is 0 Å². The number of nitrogens with two attached hydrogens (primary N) is 2. The van der Waals surface area contributed by atoms with Gasteiger partial charge in [0.2, 0.25) is 0 Å². The Kier molecular flexibility index (Phi) is 2.37. The zero-order valence-electron chi connectivity index (χ0n) is 6.34. The molecule has 0 saturated carbocycles. The Morgan fingerprint density at radius 1 is 1.45 bits per heavy atom. The highest BCUT2D eigenvalue weighted by Gasteiger charge is 2.03. The van der Waals surface area contributed by atoms with Crippen LogP contribution >= 0.6 is 11.6 Å². The van der Waals surface area contributed by atoms with Crippen LogP contribution in [0.1, 0.15) is 18.5 Å². The van der Waals surface area contributed by atoms with Crippen molar-refractivity contribution in [2.75, 3.05) is 5.73 Å². The zero-order chi connectivity index (χ0) is 8.43. The third-order valence-corrected chi connectivity index (χ3v) is 1.77. The molecule has 11 heavy (non-hydrogen) atoms. The zero-order valence-corrected chi connectivity index (χ0v) is 7.10. The molecule has 60 valence electrons. The largest absolute Gasteiger partial charge is 0.398 e. The summed E-state index contributed by atoms with van der Waals surface area (Å²) in [7, 11) is 0. The Morgan fingerprint density at radius 2 is 2.09 bits per heavy atom. The third kappa shape index (κ3) is 1.85. The van der Waals surface area contributed by atoms with Crippen LogP contribution in [0.25, 0.3) is 0 Å². The van der Waals surface area contributed by atoms with E-state index in [9.17, 15) is 0 Å². The average molecular weight is 171 g/mol. The summed E-state index contributed by atoms with van der Waals surface area (Å²) in [5.41, 5.74) is 12.9. The van der Waals surface area contributed by atoms with Crippen molar-refractivity contribution in [3.8, 4) is 0 Å². The molecule has 0 aliphatic heterocycles. The van der Waals surface area contributed by atoms with Crippen molar-refractivity contribution in [1.82, 2.24) is 0 Å². The lowest BCUT2D eigenvalue weighted by atomic mass is 10.1. The normalized spacial score (nSPS) is 13.0. The summed E-state index contributed by atoms with van der Waals surface area (Å²) >= 11 is 5.70. The van der Waals surface area contributed by atoms with Gasteiger partial charge in [-0.1, -0.05) is 17.7 Å². The van der Waals surface area contributed by atoms with Gasteiger partial charge in [0.15, 0.2) is 0 Å². The molecule has 1 aromatic carbocycles. The van der Waals surface area contributed by atoms with Gasteiger partial charge in [-0.3, -0.25) is 0 Å². The molecular weight excluding hydrogens is 160 g/mol. The van der Waals surface area contributed by atoms with E-state index in [-0.39, 0.29) is 6.04 Å². The Labute approximate surface area is 71.1 Å². The molecule has 1 atom stereocenters. The second-order valence-corrected chi connectivity index (χ2v) is 3.00. The first-order valence-corrected chi connectivity index (χ1v) is 3.79. The molecule has 0 radical (unpaired) electrons. The Hall–Kier alpha value is -0.730. The van der Waals surface area contributed by atoms with E-state index >= 15 is 0 Å². The van der Waals surface area contributed by atoms with Crippen LogP contribution < -0.4 is 11.5 Å². The molecular formula is C8H11ClN2. The first kappa shape index (κ1) is 8.37. The summed E-state index contributed by atoms with van der Waals surface area (Å²) in [5, 5.41) is 0.645. The van der Waals surface area contributed by atoms with Crippen LogP contribution in [0.5, 0.6) is 0 Å². The molecule has 1 rings (SSSR count). The number of hydrogen-bond acceptors (Lipinski definition) is 2. The van der Waals surface area contributed by atoms with Gasteiger partial charge in [-0.2, -0.15) is 0 Å². The van der Waals surface area contributed by atoms with Crippen LogP contribution in [0.2, 0.25) is 5.02 Å². The van der Waals surface area contributed by atoms with Crippen molar-refractivity contribution < 1.29 is 0 Å². The number of nitrogen functional groups attached to an aromatic ring is 1. The number of hydrogen-bond donors (Lipinski definition) is 2. The van der Waals surface area contributed by atoms with Crippen molar-refractivity contribution in [2.24, 2.45) is 5.73 Å². The summed E-state index contributed by atoms with van der Waals surface area (Å²) < 4.78 is 0. The van der Waals surface area contributed by atoms with Gasteiger partial charge in [0.25, 0.3) is 0 Å². The molecule has 4 N–H and O–H groups in total. The Morgan fingerprint density at radius 3 is 2.55 bits per heavy atom. The number of benzene rings is 1. The van der Waals surface area contributed by atoms with E-state index in [0.717, 1.165) is 5.56 Å². The summed E-state index contributed by atoms with van der Waals surface area (Å²) in [6.45, 7) is 1.89. The van der Waals surface area contributed by atoms with E-state index < -0.39 is 0 Å². The second-order valence-electron chi connectivity index (χ2n) is 2.56. The van der Waals surface area contributed by atoms with Crippen molar-refractivity contribution in [1.29, 1.82) is 0 Å². The van der Waals surface area contributed by atoms with Crippen LogP contribution in [-0.4, -0.2) is 0 Å². The molecule has 2 nitrogen and oxygen atoms in total. The molecule has 0 aliphatic rings. The number of halogens is 1. The SMILES string of the molecule is C[C@@H](N)c1ccc(Cl)cc1N. The fraction of sp³-hybridized carbons (Fsp3) is 0.250. The minimum absolute atomic E-state index is 0.0349. The van der Waals surface area contributed by atoms with Crippen LogP contribution in [0.3, 0.4) is 0 Å². The second kappa shape index (κ2) is 3.11. The summed E-state index contributed by atoms with van der Waals surface area (Å²) in [6.07, 6.45) is 0. The highest BCUT2D eigenvalue weighted by Crippen LogP contribution is 2.21. The van der Waals surface area contributed by atoms with E-state index in [2.05, 4.69) is 0 Å². The standard InChI is InChI=1S/C8H11ClN2/c1-5(10)7-3-2-6(9)4-8(7)11/h2-5H,10-11H2,1H3/t5-/m1/s1. The van der Waals surface area contributed by atoms with E-state index in [1.807, 2.05) is 13.0 Å². The fourth-order valence-electron chi connectivity index (χ4n) is 0.960. The lowest BCUT2D eigenvalue weighted by molar-refractivity contribution is 0.821. The molecule has 1 aromatic rings. The molecule has 0 bridgehead atoms. The molecule has 3 heteroatoms. The van der Waals surface area contributed by atoms with Crippen LogP contribution in [0.4, 0.5) is 5.69 Å². The fourth-order valence-corrected chi connectivity index (χ4v) is 1.14. The maximum atomic E-state index is 5.70. The average Bonchev–Trinajstić information content (AvgIpc) is 1.85. The summed E-state index contributed by atoms with van der Waals surface area (Å²) in [5.74, 6) is 0.